The SMILES string of the molecule is NC(=O)c1ccccc1OCC#Cc1ccccc1. The number of hydrogen-bond donors (Lipinski definition) is 1. The number of carbonyl (C=O) groups is 1. The molecule has 0 saturated heterocycles. The summed E-state index contributed by atoms with van der Waals surface area (Å²) in [6.45, 7) is 0.208. The third-order valence-corrected chi connectivity index (χ3v) is 2.46. The number of hydrogen-bond acceptors (Lipinski definition) is 2. The molecule has 2 N–H and O–H groups in total. The molecular formula is C16H13NO2. The lowest BCUT2D eigenvalue weighted by Gasteiger charge is -2.05. The number of nitrogens with two attached hydrogens (primary N) is 1. The van der Waals surface area contributed by atoms with Gasteiger partial charge in [0.1, 0.15) is 12.4 Å². The van der Waals surface area contributed by atoms with Crippen LogP contribution in [0.5, 0.6) is 5.75 Å². The van der Waals surface area contributed by atoms with E-state index in [0.29, 0.717) is 11.3 Å². The van der Waals surface area contributed by atoms with Crippen LogP contribution in [0.2, 0.25) is 0 Å². The molecule has 0 heterocycles. The summed E-state index contributed by atoms with van der Waals surface area (Å²) in [7, 11) is 0. The maximum Gasteiger partial charge on any atom is 0.252 e. The third kappa shape index (κ3) is 3.62. The van der Waals surface area contributed by atoms with Crippen LogP contribution >= 0.6 is 0 Å². The van der Waals surface area contributed by atoms with Crippen molar-refractivity contribution in [2.24, 2.45) is 5.73 Å². The Morgan fingerprint density at radius 3 is 2.47 bits per heavy atom. The van der Waals surface area contributed by atoms with Gasteiger partial charge in [-0.25, -0.2) is 0 Å². The quantitative estimate of drug-likeness (QED) is 0.850. The molecule has 0 saturated carbocycles. The fraction of sp³-hybridized carbons (Fsp3) is 0.0625. The van der Waals surface area contributed by atoms with Crippen molar-refractivity contribution in [1.29, 1.82) is 0 Å². The number of ether oxygens (including phenoxy) is 1. The van der Waals surface area contributed by atoms with Crippen LogP contribution in [0.3, 0.4) is 0 Å². The van der Waals surface area contributed by atoms with Crippen molar-refractivity contribution >= 4 is 5.91 Å². The first kappa shape index (κ1) is 12.7. The average Bonchev–Trinajstić information content (AvgIpc) is 2.45. The molecule has 19 heavy (non-hydrogen) atoms. The molecule has 2 aromatic rings. The molecule has 3 nitrogen and oxygen atoms in total. The molecule has 0 bridgehead atoms. The zero-order valence-electron chi connectivity index (χ0n) is 10.3. The predicted octanol–water partition coefficient (Wildman–Crippen LogP) is 2.22. The molecule has 0 spiro atoms. The van der Waals surface area contributed by atoms with Gasteiger partial charge in [-0.3, -0.25) is 4.79 Å². The van der Waals surface area contributed by atoms with Crippen LogP contribution in [0.25, 0.3) is 0 Å². The second kappa shape index (κ2) is 6.27. The van der Waals surface area contributed by atoms with Gasteiger partial charge in [0.2, 0.25) is 0 Å². The Morgan fingerprint density at radius 1 is 1.05 bits per heavy atom. The lowest BCUT2D eigenvalue weighted by atomic mass is 10.2. The summed E-state index contributed by atoms with van der Waals surface area (Å²) in [5.41, 5.74) is 6.54. The minimum absolute atomic E-state index is 0.208. The van der Waals surface area contributed by atoms with Crippen LogP contribution in [-0.4, -0.2) is 12.5 Å². The highest BCUT2D eigenvalue weighted by Gasteiger charge is 2.06. The van der Waals surface area contributed by atoms with E-state index in [1.165, 1.54) is 0 Å². The van der Waals surface area contributed by atoms with Gasteiger partial charge in [-0.15, -0.1) is 0 Å². The first-order chi connectivity index (χ1) is 9.27. The average molecular weight is 251 g/mol. The van der Waals surface area contributed by atoms with E-state index >= 15 is 0 Å². The summed E-state index contributed by atoms with van der Waals surface area (Å²) in [5, 5.41) is 0. The molecule has 94 valence electrons. The Bertz CT molecular complexity index is 624. The number of carbonyl (C=O) groups excluding carboxylic acids is 1. The van der Waals surface area contributed by atoms with Gasteiger partial charge in [0, 0.05) is 5.56 Å². The minimum Gasteiger partial charge on any atom is -0.480 e. The molecule has 0 atom stereocenters. The second-order valence-corrected chi connectivity index (χ2v) is 3.82. The van der Waals surface area contributed by atoms with Crippen molar-refractivity contribution in [2.75, 3.05) is 6.61 Å². The fourth-order valence-corrected chi connectivity index (χ4v) is 1.57. The van der Waals surface area contributed by atoms with Crippen LogP contribution in [0, 0.1) is 11.8 Å². The number of primary amides is 1. The lowest BCUT2D eigenvalue weighted by Crippen LogP contribution is -2.13. The van der Waals surface area contributed by atoms with Crippen LogP contribution < -0.4 is 10.5 Å². The summed E-state index contributed by atoms with van der Waals surface area (Å²) in [6.07, 6.45) is 0. The molecule has 1 amide bonds. The molecule has 0 radical (unpaired) electrons. The maximum atomic E-state index is 11.2. The first-order valence-corrected chi connectivity index (χ1v) is 5.83. The van der Waals surface area contributed by atoms with E-state index in [9.17, 15) is 4.79 Å². The molecule has 0 unspecified atom stereocenters. The predicted molar refractivity (Wildman–Crippen MR) is 73.8 cm³/mol. The molecule has 2 aromatic carbocycles. The topological polar surface area (TPSA) is 52.3 Å². The molecule has 0 aliphatic carbocycles. The molecular weight excluding hydrogens is 238 g/mol. The Hall–Kier alpha value is -2.73. The van der Waals surface area contributed by atoms with Crippen molar-refractivity contribution < 1.29 is 9.53 Å². The van der Waals surface area contributed by atoms with E-state index in [2.05, 4.69) is 11.8 Å². The molecule has 0 fully saturated rings. The molecule has 0 aliphatic rings. The standard InChI is InChI=1S/C16H13NO2/c17-16(18)14-10-4-5-11-15(14)19-12-6-9-13-7-2-1-3-8-13/h1-5,7-8,10-11H,12H2,(H2,17,18). The van der Waals surface area contributed by atoms with Crippen molar-refractivity contribution in [1.82, 2.24) is 0 Å². The Kier molecular flexibility index (Phi) is 4.20. The van der Waals surface area contributed by atoms with Crippen LogP contribution in [0.4, 0.5) is 0 Å². The van der Waals surface area contributed by atoms with Gasteiger partial charge in [-0.1, -0.05) is 42.2 Å². The van der Waals surface area contributed by atoms with Gasteiger partial charge in [0.25, 0.3) is 5.91 Å². The van der Waals surface area contributed by atoms with E-state index in [1.54, 1.807) is 24.3 Å². The van der Waals surface area contributed by atoms with Gasteiger partial charge < -0.3 is 10.5 Å². The summed E-state index contributed by atoms with van der Waals surface area (Å²) < 4.78 is 5.45. The van der Waals surface area contributed by atoms with E-state index in [1.807, 2.05) is 30.3 Å². The Balaban J connectivity index is 2.01. The lowest BCUT2D eigenvalue weighted by molar-refractivity contribution is 0.0997. The van der Waals surface area contributed by atoms with Crippen LogP contribution in [0.1, 0.15) is 15.9 Å². The van der Waals surface area contributed by atoms with E-state index in [0.717, 1.165) is 5.56 Å². The maximum absolute atomic E-state index is 11.2. The minimum atomic E-state index is -0.508. The van der Waals surface area contributed by atoms with E-state index in [-0.39, 0.29) is 6.61 Å². The second-order valence-electron chi connectivity index (χ2n) is 3.82. The van der Waals surface area contributed by atoms with Crippen LogP contribution in [0.15, 0.2) is 54.6 Å². The largest absolute Gasteiger partial charge is 0.480 e. The number of benzene rings is 2. The van der Waals surface area contributed by atoms with Crippen molar-refractivity contribution in [2.45, 2.75) is 0 Å². The zero-order chi connectivity index (χ0) is 13.5. The van der Waals surface area contributed by atoms with Gasteiger partial charge in [-0.05, 0) is 24.3 Å². The molecule has 0 aromatic heterocycles. The van der Waals surface area contributed by atoms with E-state index in [4.69, 9.17) is 10.5 Å². The summed E-state index contributed by atoms with van der Waals surface area (Å²) in [6, 6.07) is 16.5. The smallest absolute Gasteiger partial charge is 0.252 e. The highest BCUT2D eigenvalue weighted by atomic mass is 16.5. The fourth-order valence-electron chi connectivity index (χ4n) is 1.57. The first-order valence-electron chi connectivity index (χ1n) is 5.83. The normalized spacial score (nSPS) is 9.26. The number of amides is 1. The Labute approximate surface area is 112 Å². The van der Waals surface area contributed by atoms with Crippen LogP contribution in [-0.2, 0) is 0 Å². The highest BCUT2D eigenvalue weighted by Crippen LogP contribution is 2.16. The van der Waals surface area contributed by atoms with Gasteiger partial charge in [-0.2, -0.15) is 0 Å². The van der Waals surface area contributed by atoms with Crippen molar-refractivity contribution in [3.8, 4) is 17.6 Å². The van der Waals surface area contributed by atoms with Crippen molar-refractivity contribution in [3.05, 3.63) is 65.7 Å². The number of rotatable bonds is 3. The molecule has 0 aliphatic heterocycles. The molecule has 3 heteroatoms. The summed E-state index contributed by atoms with van der Waals surface area (Å²) >= 11 is 0. The monoisotopic (exact) mass is 251 g/mol. The third-order valence-electron chi connectivity index (χ3n) is 2.46. The van der Waals surface area contributed by atoms with E-state index < -0.39 is 5.91 Å². The summed E-state index contributed by atoms with van der Waals surface area (Å²) in [5.74, 6) is 5.81. The van der Waals surface area contributed by atoms with Crippen molar-refractivity contribution in [3.63, 3.8) is 0 Å². The zero-order valence-corrected chi connectivity index (χ0v) is 10.3. The highest BCUT2D eigenvalue weighted by molar-refractivity contribution is 5.95. The summed E-state index contributed by atoms with van der Waals surface area (Å²) in [4.78, 5) is 11.2. The number of para-hydroxylation sites is 1. The molecule has 2 rings (SSSR count). The van der Waals surface area contributed by atoms with Gasteiger partial charge in [0.15, 0.2) is 0 Å². The Morgan fingerprint density at radius 2 is 1.74 bits per heavy atom. The van der Waals surface area contributed by atoms with Gasteiger partial charge in [0.05, 0.1) is 5.56 Å². The van der Waals surface area contributed by atoms with Gasteiger partial charge >= 0.3 is 0 Å².